The monoisotopic (exact) mass is 524 g/mol. The summed E-state index contributed by atoms with van der Waals surface area (Å²) >= 11 is 0. The molecule has 4 N–H and O–H groups in total. The molecule has 10 nitrogen and oxygen atoms in total. The number of carbonyl (C=O) groups excluding carboxylic acids is 1. The van der Waals surface area contributed by atoms with Crippen LogP contribution in [-0.2, 0) is 0 Å². The maximum atomic E-state index is 13.0. The van der Waals surface area contributed by atoms with Crippen molar-refractivity contribution in [2.45, 2.75) is 6.17 Å². The first-order valence-electron chi connectivity index (χ1n) is 12.8. The predicted molar refractivity (Wildman–Crippen MR) is 152 cm³/mol. The Morgan fingerprint density at radius 2 is 1.82 bits per heavy atom. The van der Waals surface area contributed by atoms with Crippen molar-refractivity contribution in [3.63, 3.8) is 0 Å². The number of anilines is 3. The van der Waals surface area contributed by atoms with E-state index >= 15 is 0 Å². The van der Waals surface area contributed by atoms with E-state index in [0.717, 1.165) is 43.0 Å². The van der Waals surface area contributed by atoms with E-state index in [0.29, 0.717) is 28.6 Å². The highest BCUT2D eigenvalue weighted by atomic mass is 16.5. The number of pyridine rings is 1. The van der Waals surface area contributed by atoms with Crippen LogP contribution in [0.1, 0.15) is 22.1 Å². The van der Waals surface area contributed by atoms with Crippen LogP contribution in [0.4, 0.5) is 17.3 Å². The van der Waals surface area contributed by atoms with Crippen LogP contribution >= 0.6 is 0 Å². The Labute approximate surface area is 227 Å². The van der Waals surface area contributed by atoms with E-state index in [9.17, 15) is 4.79 Å². The lowest BCUT2D eigenvalue weighted by Crippen LogP contribution is -2.48. The Hall–Kier alpha value is -4.38. The van der Waals surface area contributed by atoms with Crippen molar-refractivity contribution in [2.24, 2.45) is 5.73 Å². The number of benzene rings is 2. The van der Waals surface area contributed by atoms with E-state index < -0.39 is 0 Å². The highest BCUT2D eigenvalue weighted by Crippen LogP contribution is 2.30. The smallest absolute Gasteiger partial charge is 0.255 e. The van der Waals surface area contributed by atoms with E-state index in [1.807, 2.05) is 30.3 Å². The van der Waals surface area contributed by atoms with E-state index in [1.165, 1.54) is 0 Å². The lowest BCUT2D eigenvalue weighted by molar-refractivity contribution is 0.102. The van der Waals surface area contributed by atoms with Crippen molar-refractivity contribution in [3.05, 3.63) is 90.4 Å². The summed E-state index contributed by atoms with van der Waals surface area (Å²) in [6.45, 7) is 3.84. The van der Waals surface area contributed by atoms with Crippen molar-refractivity contribution in [1.82, 2.24) is 24.8 Å². The maximum Gasteiger partial charge on any atom is 0.255 e. The Morgan fingerprint density at radius 3 is 2.54 bits per heavy atom. The highest BCUT2D eigenvalue weighted by molar-refractivity contribution is 6.04. The van der Waals surface area contributed by atoms with Gasteiger partial charge in [-0.05, 0) is 61.1 Å². The number of ether oxygens (including phenoxy) is 1. The van der Waals surface area contributed by atoms with E-state index in [4.69, 9.17) is 10.5 Å². The molecule has 10 heteroatoms. The van der Waals surface area contributed by atoms with Crippen LogP contribution in [-0.4, -0.2) is 71.0 Å². The van der Waals surface area contributed by atoms with Gasteiger partial charge < -0.3 is 26.0 Å². The van der Waals surface area contributed by atoms with Crippen LogP contribution in [0, 0.1) is 0 Å². The van der Waals surface area contributed by atoms with Gasteiger partial charge in [-0.2, -0.15) is 0 Å². The SMILES string of the molecule is COc1ccc(NC(=O)c2ccc(C(N)N3CCN(C)CC3)cc2)cc1Nc1nccc(-c2cccnc2)n1. The average molecular weight is 525 g/mol. The van der Waals surface area contributed by atoms with Gasteiger partial charge in [0, 0.05) is 61.6 Å². The van der Waals surface area contributed by atoms with Gasteiger partial charge in [0.05, 0.1) is 24.7 Å². The molecule has 39 heavy (non-hydrogen) atoms. The fraction of sp³-hybridized carbons (Fsp3) is 0.241. The molecule has 0 aliphatic carbocycles. The second-order valence-corrected chi connectivity index (χ2v) is 9.41. The minimum absolute atomic E-state index is 0.190. The van der Waals surface area contributed by atoms with Gasteiger partial charge in [0.25, 0.3) is 5.91 Å². The van der Waals surface area contributed by atoms with Crippen molar-refractivity contribution < 1.29 is 9.53 Å². The Balaban J connectivity index is 1.27. The van der Waals surface area contributed by atoms with Crippen LogP contribution in [0.25, 0.3) is 11.3 Å². The molecular weight excluding hydrogens is 492 g/mol. The molecule has 0 radical (unpaired) electrons. The number of piperazine rings is 1. The van der Waals surface area contributed by atoms with Crippen LogP contribution in [0.3, 0.4) is 0 Å². The van der Waals surface area contributed by atoms with Crippen LogP contribution < -0.4 is 21.1 Å². The van der Waals surface area contributed by atoms with Gasteiger partial charge in [0.1, 0.15) is 5.75 Å². The molecule has 1 aliphatic heterocycles. The number of hydrogen-bond donors (Lipinski definition) is 3. The number of rotatable bonds is 8. The molecular formula is C29H32N8O2. The third kappa shape index (κ3) is 6.37. The first-order chi connectivity index (χ1) is 19.0. The summed E-state index contributed by atoms with van der Waals surface area (Å²) in [6, 6.07) is 18.4. The number of nitrogens with zero attached hydrogens (tertiary/aromatic N) is 5. The predicted octanol–water partition coefficient (Wildman–Crippen LogP) is 3.75. The zero-order valence-corrected chi connectivity index (χ0v) is 22.0. The van der Waals surface area contributed by atoms with E-state index in [1.54, 1.807) is 56.0 Å². The molecule has 1 aliphatic rings. The summed E-state index contributed by atoms with van der Waals surface area (Å²) in [6.07, 6.45) is 4.95. The first kappa shape index (κ1) is 26.2. The molecule has 1 amide bonds. The minimum atomic E-state index is -0.222. The molecule has 0 bridgehead atoms. The Morgan fingerprint density at radius 1 is 1.03 bits per heavy atom. The number of aromatic nitrogens is 3. The van der Waals surface area contributed by atoms with E-state index in [2.05, 4.69) is 42.4 Å². The maximum absolute atomic E-state index is 13.0. The molecule has 0 saturated carbocycles. The largest absolute Gasteiger partial charge is 0.495 e. The summed E-state index contributed by atoms with van der Waals surface area (Å²) in [5, 5.41) is 6.16. The number of nitrogens with one attached hydrogen (secondary N) is 2. The average Bonchev–Trinajstić information content (AvgIpc) is 2.98. The third-order valence-corrected chi connectivity index (χ3v) is 6.76. The summed E-state index contributed by atoms with van der Waals surface area (Å²) in [7, 11) is 3.70. The molecule has 5 rings (SSSR count). The van der Waals surface area contributed by atoms with Gasteiger partial charge in [-0.25, -0.2) is 9.97 Å². The Kier molecular flexibility index (Phi) is 8.07. The van der Waals surface area contributed by atoms with Gasteiger partial charge in [-0.3, -0.25) is 14.7 Å². The third-order valence-electron chi connectivity index (χ3n) is 6.76. The second kappa shape index (κ2) is 12.0. The van der Waals surface area contributed by atoms with Gasteiger partial charge in [0.15, 0.2) is 0 Å². The number of amides is 1. The lowest BCUT2D eigenvalue weighted by atomic mass is 10.1. The molecule has 4 aromatic rings. The summed E-state index contributed by atoms with van der Waals surface area (Å²) < 4.78 is 5.51. The Bertz CT molecular complexity index is 1410. The molecule has 200 valence electrons. The number of methoxy groups -OCH3 is 1. The molecule has 1 atom stereocenters. The van der Waals surface area contributed by atoms with E-state index in [-0.39, 0.29) is 12.1 Å². The number of likely N-dealkylation sites (N-methyl/N-ethyl adjacent to an activating group) is 1. The first-order valence-corrected chi connectivity index (χ1v) is 12.8. The minimum Gasteiger partial charge on any atom is -0.495 e. The van der Waals surface area contributed by atoms with Crippen LogP contribution in [0.5, 0.6) is 5.75 Å². The van der Waals surface area contributed by atoms with Crippen molar-refractivity contribution in [3.8, 4) is 17.0 Å². The molecule has 3 heterocycles. The lowest BCUT2D eigenvalue weighted by Gasteiger charge is -2.36. The quantitative estimate of drug-likeness (QED) is 0.316. The molecule has 2 aromatic heterocycles. The van der Waals surface area contributed by atoms with Gasteiger partial charge >= 0.3 is 0 Å². The number of nitrogens with two attached hydrogens (primary N) is 1. The van der Waals surface area contributed by atoms with Crippen molar-refractivity contribution in [2.75, 3.05) is 51.0 Å². The van der Waals surface area contributed by atoms with Crippen LogP contribution in [0.15, 0.2) is 79.3 Å². The van der Waals surface area contributed by atoms with Crippen molar-refractivity contribution in [1.29, 1.82) is 0 Å². The molecule has 2 aromatic carbocycles. The fourth-order valence-electron chi connectivity index (χ4n) is 4.44. The standard InChI is InChI=1S/C29H32N8O2/c1-36-14-16-37(17-15-36)27(30)20-5-7-21(8-6-20)28(38)33-23-9-10-26(39-2)25(18-23)35-29-32-13-11-24(34-29)22-4-3-12-31-19-22/h3-13,18-19,27H,14-17,30H2,1-2H3,(H,33,38)(H,32,34,35). The number of carbonyl (C=O) groups is 1. The molecule has 0 spiro atoms. The normalized spacial score (nSPS) is 14.9. The summed E-state index contributed by atoms with van der Waals surface area (Å²) in [5.74, 6) is 0.761. The highest BCUT2D eigenvalue weighted by Gasteiger charge is 2.21. The topological polar surface area (TPSA) is 122 Å². The van der Waals surface area contributed by atoms with Gasteiger partial charge in [-0.15, -0.1) is 0 Å². The molecule has 1 saturated heterocycles. The zero-order chi connectivity index (χ0) is 27.2. The van der Waals surface area contributed by atoms with Crippen LogP contribution in [0.2, 0.25) is 0 Å². The fourth-order valence-corrected chi connectivity index (χ4v) is 4.44. The van der Waals surface area contributed by atoms with Gasteiger partial charge in [-0.1, -0.05) is 12.1 Å². The van der Waals surface area contributed by atoms with Crippen molar-refractivity contribution >= 4 is 23.2 Å². The summed E-state index contributed by atoms with van der Waals surface area (Å²) in [4.78, 5) is 30.6. The number of hydrogen-bond acceptors (Lipinski definition) is 9. The molecule has 1 fully saturated rings. The summed E-state index contributed by atoms with van der Waals surface area (Å²) in [5.41, 5.74) is 10.9. The second-order valence-electron chi connectivity index (χ2n) is 9.41. The van der Waals surface area contributed by atoms with Gasteiger partial charge in [0.2, 0.25) is 5.95 Å². The molecule has 1 unspecified atom stereocenters. The zero-order valence-electron chi connectivity index (χ0n) is 22.0.